The second-order valence-corrected chi connectivity index (χ2v) is 6.00. The SMILES string of the molecule is Cn1ccnc1CCC(N)C1CC2CCC1C2. The Kier molecular flexibility index (Phi) is 2.95. The van der Waals surface area contributed by atoms with Crippen LogP contribution in [-0.2, 0) is 13.5 Å². The highest BCUT2D eigenvalue weighted by molar-refractivity contribution is 4.97. The van der Waals surface area contributed by atoms with Crippen LogP contribution in [0.3, 0.4) is 0 Å². The predicted molar refractivity (Wildman–Crippen MR) is 68.4 cm³/mol. The molecule has 0 saturated heterocycles. The maximum atomic E-state index is 6.40. The van der Waals surface area contributed by atoms with Crippen molar-refractivity contribution in [3.05, 3.63) is 18.2 Å². The standard InChI is InChI=1S/C14H23N3/c1-17-7-6-16-14(17)5-4-13(15)12-9-10-2-3-11(12)8-10/h6-7,10-13H,2-5,8-9,15H2,1H3. The molecule has 0 aromatic carbocycles. The van der Waals surface area contributed by atoms with Gasteiger partial charge >= 0.3 is 0 Å². The van der Waals surface area contributed by atoms with E-state index in [1.54, 1.807) is 0 Å². The molecule has 17 heavy (non-hydrogen) atoms. The number of fused-ring (bicyclic) bond motifs is 2. The summed E-state index contributed by atoms with van der Waals surface area (Å²) >= 11 is 0. The summed E-state index contributed by atoms with van der Waals surface area (Å²) in [4.78, 5) is 4.37. The molecule has 3 nitrogen and oxygen atoms in total. The Morgan fingerprint density at radius 2 is 2.35 bits per heavy atom. The number of imidazole rings is 1. The molecule has 0 radical (unpaired) electrons. The average Bonchev–Trinajstić information content (AvgIpc) is 3.01. The molecular weight excluding hydrogens is 210 g/mol. The van der Waals surface area contributed by atoms with E-state index >= 15 is 0 Å². The van der Waals surface area contributed by atoms with Gasteiger partial charge in [0, 0.05) is 31.9 Å². The molecule has 4 unspecified atom stereocenters. The number of nitrogens with two attached hydrogens (primary N) is 1. The molecule has 2 saturated carbocycles. The van der Waals surface area contributed by atoms with Crippen molar-refractivity contribution in [3.63, 3.8) is 0 Å². The summed E-state index contributed by atoms with van der Waals surface area (Å²) in [6, 6.07) is 0.391. The third-order valence-corrected chi connectivity index (χ3v) is 4.96. The molecule has 0 spiro atoms. The van der Waals surface area contributed by atoms with Crippen molar-refractivity contribution in [3.8, 4) is 0 Å². The van der Waals surface area contributed by atoms with E-state index in [1.807, 2.05) is 12.4 Å². The van der Waals surface area contributed by atoms with E-state index in [0.717, 1.165) is 30.6 Å². The third kappa shape index (κ3) is 2.13. The van der Waals surface area contributed by atoms with Crippen molar-refractivity contribution >= 4 is 0 Å². The normalized spacial score (nSPS) is 33.2. The summed E-state index contributed by atoms with van der Waals surface area (Å²) < 4.78 is 2.10. The Balaban J connectivity index is 1.54. The third-order valence-electron chi connectivity index (χ3n) is 4.96. The Morgan fingerprint density at radius 1 is 1.47 bits per heavy atom. The van der Waals surface area contributed by atoms with Crippen molar-refractivity contribution in [1.82, 2.24) is 9.55 Å². The van der Waals surface area contributed by atoms with Crippen LogP contribution in [0.5, 0.6) is 0 Å². The minimum atomic E-state index is 0.391. The van der Waals surface area contributed by atoms with Gasteiger partial charge in [-0.05, 0) is 43.4 Å². The smallest absolute Gasteiger partial charge is 0.108 e. The molecule has 2 N–H and O–H groups in total. The summed E-state index contributed by atoms with van der Waals surface area (Å²) in [6.07, 6.45) is 11.8. The van der Waals surface area contributed by atoms with Crippen molar-refractivity contribution in [2.45, 2.75) is 44.6 Å². The van der Waals surface area contributed by atoms with E-state index in [4.69, 9.17) is 5.73 Å². The largest absolute Gasteiger partial charge is 0.338 e. The second kappa shape index (κ2) is 4.45. The first-order chi connectivity index (χ1) is 8.24. The molecule has 1 aromatic heterocycles. The zero-order valence-corrected chi connectivity index (χ0v) is 10.7. The molecule has 4 atom stereocenters. The van der Waals surface area contributed by atoms with E-state index in [9.17, 15) is 0 Å². The van der Waals surface area contributed by atoms with E-state index in [0.29, 0.717) is 6.04 Å². The van der Waals surface area contributed by atoms with Gasteiger partial charge in [0.15, 0.2) is 0 Å². The number of hydrogen-bond donors (Lipinski definition) is 1. The van der Waals surface area contributed by atoms with Gasteiger partial charge in [-0.15, -0.1) is 0 Å². The summed E-state index contributed by atoms with van der Waals surface area (Å²) in [5.41, 5.74) is 6.40. The lowest BCUT2D eigenvalue weighted by Gasteiger charge is -2.27. The molecule has 2 fully saturated rings. The van der Waals surface area contributed by atoms with E-state index in [-0.39, 0.29) is 0 Å². The van der Waals surface area contributed by atoms with Crippen LogP contribution in [0.25, 0.3) is 0 Å². The van der Waals surface area contributed by atoms with E-state index in [2.05, 4.69) is 16.6 Å². The lowest BCUT2D eigenvalue weighted by atomic mass is 9.82. The first-order valence-corrected chi connectivity index (χ1v) is 6.96. The van der Waals surface area contributed by atoms with Gasteiger partial charge in [-0.1, -0.05) is 6.42 Å². The highest BCUT2D eigenvalue weighted by atomic mass is 15.0. The first kappa shape index (κ1) is 11.3. The fraction of sp³-hybridized carbons (Fsp3) is 0.786. The maximum absolute atomic E-state index is 6.40. The van der Waals surface area contributed by atoms with Gasteiger partial charge in [0.1, 0.15) is 5.82 Å². The van der Waals surface area contributed by atoms with Crippen molar-refractivity contribution in [2.75, 3.05) is 0 Å². The number of nitrogens with zero attached hydrogens (tertiary/aromatic N) is 2. The lowest BCUT2D eigenvalue weighted by Crippen LogP contribution is -2.34. The number of aromatic nitrogens is 2. The molecule has 2 aliphatic carbocycles. The average molecular weight is 233 g/mol. The van der Waals surface area contributed by atoms with Crippen LogP contribution < -0.4 is 5.73 Å². The van der Waals surface area contributed by atoms with Crippen molar-refractivity contribution < 1.29 is 0 Å². The summed E-state index contributed by atoms with van der Waals surface area (Å²) in [5, 5.41) is 0. The maximum Gasteiger partial charge on any atom is 0.108 e. The predicted octanol–water partition coefficient (Wildman–Crippen LogP) is 2.12. The van der Waals surface area contributed by atoms with Crippen LogP contribution in [0.4, 0.5) is 0 Å². The van der Waals surface area contributed by atoms with Gasteiger partial charge in [-0.25, -0.2) is 4.98 Å². The van der Waals surface area contributed by atoms with E-state index in [1.165, 1.54) is 31.5 Å². The van der Waals surface area contributed by atoms with Gasteiger partial charge in [0.25, 0.3) is 0 Å². The Hall–Kier alpha value is -0.830. The Morgan fingerprint density at radius 3 is 2.94 bits per heavy atom. The van der Waals surface area contributed by atoms with Crippen LogP contribution in [0.15, 0.2) is 12.4 Å². The van der Waals surface area contributed by atoms with Crippen molar-refractivity contribution in [2.24, 2.45) is 30.5 Å². The number of rotatable bonds is 4. The first-order valence-electron chi connectivity index (χ1n) is 6.96. The highest BCUT2D eigenvalue weighted by Gasteiger charge is 2.41. The molecule has 3 heteroatoms. The van der Waals surface area contributed by atoms with Crippen LogP contribution in [0.1, 0.15) is 37.9 Å². The zero-order chi connectivity index (χ0) is 11.8. The minimum Gasteiger partial charge on any atom is -0.338 e. The van der Waals surface area contributed by atoms with Crippen LogP contribution in [-0.4, -0.2) is 15.6 Å². The number of aryl methyl sites for hydroxylation is 2. The monoisotopic (exact) mass is 233 g/mol. The van der Waals surface area contributed by atoms with Gasteiger partial charge in [-0.3, -0.25) is 0 Å². The fourth-order valence-corrected chi connectivity index (χ4v) is 3.97. The van der Waals surface area contributed by atoms with Gasteiger partial charge in [0.05, 0.1) is 0 Å². The Bertz CT molecular complexity index is 385. The summed E-state index contributed by atoms with van der Waals surface area (Å²) in [7, 11) is 2.06. The van der Waals surface area contributed by atoms with Crippen LogP contribution in [0, 0.1) is 17.8 Å². The van der Waals surface area contributed by atoms with Gasteiger partial charge in [0.2, 0.25) is 0 Å². The van der Waals surface area contributed by atoms with Crippen LogP contribution in [0.2, 0.25) is 0 Å². The van der Waals surface area contributed by atoms with E-state index < -0.39 is 0 Å². The second-order valence-electron chi connectivity index (χ2n) is 6.00. The Labute approximate surface area is 103 Å². The highest BCUT2D eigenvalue weighted by Crippen LogP contribution is 2.49. The van der Waals surface area contributed by atoms with Gasteiger partial charge in [-0.2, -0.15) is 0 Å². The topological polar surface area (TPSA) is 43.8 Å². The molecule has 1 aromatic rings. The zero-order valence-electron chi connectivity index (χ0n) is 10.7. The molecule has 0 amide bonds. The quantitative estimate of drug-likeness (QED) is 0.865. The molecule has 2 aliphatic rings. The van der Waals surface area contributed by atoms with Crippen molar-refractivity contribution in [1.29, 1.82) is 0 Å². The summed E-state index contributed by atoms with van der Waals surface area (Å²) in [6.45, 7) is 0. The fourth-order valence-electron chi connectivity index (χ4n) is 3.97. The van der Waals surface area contributed by atoms with Crippen LogP contribution >= 0.6 is 0 Å². The molecule has 3 rings (SSSR count). The molecule has 0 aliphatic heterocycles. The van der Waals surface area contributed by atoms with Gasteiger partial charge < -0.3 is 10.3 Å². The molecular formula is C14H23N3. The summed E-state index contributed by atoms with van der Waals surface area (Å²) in [5.74, 6) is 3.92. The minimum absolute atomic E-state index is 0.391. The lowest BCUT2D eigenvalue weighted by molar-refractivity contribution is 0.271. The molecule has 1 heterocycles. The molecule has 94 valence electrons. The molecule has 2 bridgehead atoms. The number of hydrogen-bond acceptors (Lipinski definition) is 2.